The van der Waals surface area contributed by atoms with Crippen LogP contribution < -0.4 is 0 Å². The molecule has 0 amide bonds. The fraction of sp³-hybridized carbons (Fsp3) is 0.818. The number of Topliss-reactive ketones (excluding diaryl/α,β-unsaturated/α-hetero) is 2. The first-order valence-electron chi connectivity index (χ1n) is 5.41. The molecule has 5 nitrogen and oxygen atoms in total. The van der Waals surface area contributed by atoms with Crippen molar-refractivity contribution in [3.63, 3.8) is 0 Å². The Hall–Kier alpha value is -0.780. The van der Waals surface area contributed by atoms with E-state index in [9.17, 15) is 9.59 Å². The second-order valence-electron chi connectivity index (χ2n) is 3.31. The summed E-state index contributed by atoms with van der Waals surface area (Å²) in [7, 11) is 0. The zero-order valence-corrected chi connectivity index (χ0v) is 9.99. The Bertz CT molecular complexity index is 203. The minimum atomic E-state index is 0.00131. The molecule has 0 aliphatic heterocycles. The molecule has 0 aliphatic carbocycles. The van der Waals surface area contributed by atoms with E-state index in [1.54, 1.807) is 6.92 Å². The highest BCUT2D eigenvalue weighted by Crippen LogP contribution is 1.85. The van der Waals surface area contributed by atoms with Gasteiger partial charge in [0.25, 0.3) is 0 Å². The standard InChI is InChI=1S/C11H20O5/c1-3-11(13)9-16-7-5-14-4-6-15-8-10(2)12/h3-9H2,1-2H3. The predicted molar refractivity (Wildman–Crippen MR) is 58.4 cm³/mol. The van der Waals surface area contributed by atoms with Crippen molar-refractivity contribution in [3.05, 3.63) is 0 Å². The van der Waals surface area contributed by atoms with E-state index in [-0.39, 0.29) is 24.8 Å². The van der Waals surface area contributed by atoms with E-state index in [1.165, 1.54) is 6.92 Å². The first kappa shape index (κ1) is 15.2. The number of hydrogen-bond acceptors (Lipinski definition) is 5. The van der Waals surface area contributed by atoms with Crippen LogP contribution in [0.25, 0.3) is 0 Å². The number of carbonyl (C=O) groups is 2. The number of carbonyl (C=O) groups excluding carboxylic acids is 2. The summed E-state index contributed by atoms with van der Waals surface area (Å²) in [6, 6.07) is 0. The van der Waals surface area contributed by atoms with E-state index < -0.39 is 0 Å². The van der Waals surface area contributed by atoms with Gasteiger partial charge in [0.2, 0.25) is 0 Å². The zero-order chi connectivity index (χ0) is 12.2. The molecular weight excluding hydrogens is 212 g/mol. The fourth-order valence-electron chi connectivity index (χ4n) is 0.842. The molecule has 0 atom stereocenters. The zero-order valence-electron chi connectivity index (χ0n) is 9.99. The molecule has 0 radical (unpaired) electrons. The van der Waals surface area contributed by atoms with Crippen LogP contribution in [0, 0.1) is 0 Å². The molecule has 0 saturated carbocycles. The van der Waals surface area contributed by atoms with Crippen molar-refractivity contribution in [2.75, 3.05) is 39.6 Å². The third kappa shape index (κ3) is 11.3. The lowest BCUT2D eigenvalue weighted by Gasteiger charge is -2.05. The SMILES string of the molecule is CCC(=O)COCCOCCOCC(C)=O. The minimum absolute atomic E-state index is 0.00131. The third-order valence-electron chi connectivity index (χ3n) is 1.71. The molecule has 0 spiro atoms. The molecule has 0 saturated heterocycles. The van der Waals surface area contributed by atoms with Crippen molar-refractivity contribution in [1.82, 2.24) is 0 Å². The van der Waals surface area contributed by atoms with Crippen LogP contribution in [0.15, 0.2) is 0 Å². The normalized spacial score (nSPS) is 10.4. The van der Waals surface area contributed by atoms with E-state index in [0.717, 1.165) is 0 Å². The van der Waals surface area contributed by atoms with Crippen LogP contribution in [-0.2, 0) is 23.8 Å². The first-order chi connectivity index (χ1) is 7.66. The summed E-state index contributed by atoms with van der Waals surface area (Å²) in [5, 5.41) is 0. The van der Waals surface area contributed by atoms with E-state index in [1.807, 2.05) is 0 Å². The average Bonchev–Trinajstić information content (AvgIpc) is 2.26. The third-order valence-corrected chi connectivity index (χ3v) is 1.71. The fourth-order valence-corrected chi connectivity index (χ4v) is 0.842. The number of ether oxygens (including phenoxy) is 3. The van der Waals surface area contributed by atoms with Gasteiger partial charge in [0.15, 0.2) is 11.6 Å². The molecule has 0 N–H and O–H groups in total. The highest BCUT2D eigenvalue weighted by atomic mass is 16.5. The van der Waals surface area contributed by atoms with Gasteiger partial charge in [-0.1, -0.05) is 6.92 Å². The number of hydrogen-bond donors (Lipinski definition) is 0. The van der Waals surface area contributed by atoms with E-state index in [4.69, 9.17) is 14.2 Å². The Labute approximate surface area is 96.1 Å². The first-order valence-corrected chi connectivity index (χ1v) is 5.41. The summed E-state index contributed by atoms with van der Waals surface area (Å²) in [5.74, 6) is 0.0891. The minimum Gasteiger partial charge on any atom is -0.377 e. The summed E-state index contributed by atoms with van der Waals surface area (Å²) in [6.07, 6.45) is 0.500. The van der Waals surface area contributed by atoms with Gasteiger partial charge in [-0.25, -0.2) is 0 Å². The number of ketones is 2. The summed E-state index contributed by atoms with van der Waals surface area (Å²) in [5.41, 5.74) is 0. The molecule has 0 aromatic carbocycles. The average molecular weight is 232 g/mol. The molecule has 0 aliphatic rings. The van der Waals surface area contributed by atoms with Crippen LogP contribution in [0.2, 0.25) is 0 Å². The van der Waals surface area contributed by atoms with Gasteiger partial charge in [0, 0.05) is 6.42 Å². The van der Waals surface area contributed by atoms with E-state index in [0.29, 0.717) is 32.8 Å². The molecule has 0 aromatic heterocycles. The van der Waals surface area contributed by atoms with Crippen molar-refractivity contribution >= 4 is 11.6 Å². The van der Waals surface area contributed by atoms with Gasteiger partial charge in [0.05, 0.1) is 26.4 Å². The monoisotopic (exact) mass is 232 g/mol. The van der Waals surface area contributed by atoms with Crippen molar-refractivity contribution in [3.8, 4) is 0 Å². The molecule has 0 bridgehead atoms. The van der Waals surface area contributed by atoms with Gasteiger partial charge in [-0.2, -0.15) is 0 Å². The van der Waals surface area contributed by atoms with Gasteiger partial charge in [-0.05, 0) is 6.92 Å². The van der Waals surface area contributed by atoms with Crippen LogP contribution in [0.4, 0.5) is 0 Å². The highest BCUT2D eigenvalue weighted by molar-refractivity contribution is 5.79. The van der Waals surface area contributed by atoms with Crippen LogP contribution in [0.5, 0.6) is 0 Å². The van der Waals surface area contributed by atoms with Crippen molar-refractivity contribution in [1.29, 1.82) is 0 Å². The largest absolute Gasteiger partial charge is 0.377 e. The van der Waals surface area contributed by atoms with Crippen molar-refractivity contribution in [2.45, 2.75) is 20.3 Å². The maximum absolute atomic E-state index is 10.8. The summed E-state index contributed by atoms with van der Waals surface area (Å²) >= 11 is 0. The predicted octanol–water partition coefficient (Wildman–Crippen LogP) is 0.604. The lowest BCUT2D eigenvalue weighted by atomic mass is 10.3. The Morgan fingerprint density at radius 2 is 1.38 bits per heavy atom. The molecule has 5 heteroatoms. The van der Waals surface area contributed by atoms with Crippen LogP contribution >= 0.6 is 0 Å². The van der Waals surface area contributed by atoms with Crippen LogP contribution in [0.1, 0.15) is 20.3 Å². The summed E-state index contributed by atoms with van der Waals surface area (Å²) < 4.78 is 15.2. The molecule has 0 rings (SSSR count). The maximum atomic E-state index is 10.8. The van der Waals surface area contributed by atoms with Crippen LogP contribution in [-0.4, -0.2) is 51.2 Å². The van der Waals surface area contributed by atoms with Gasteiger partial charge in [0.1, 0.15) is 13.2 Å². The van der Waals surface area contributed by atoms with Gasteiger partial charge >= 0.3 is 0 Å². The smallest absolute Gasteiger partial charge is 0.158 e. The maximum Gasteiger partial charge on any atom is 0.158 e. The second kappa shape index (κ2) is 10.7. The lowest BCUT2D eigenvalue weighted by molar-refractivity contribution is -0.123. The van der Waals surface area contributed by atoms with E-state index in [2.05, 4.69) is 0 Å². The molecule has 0 unspecified atom stereocenters. The Morgan fingerprint density at radius 3 is 1.88 bits per heavy atom. The molecule has 0 fully saturated rings. The Kier molecular flexibility index (Phi) is 10.2. The Balaban J connectivity index is 3.04. The van der Waals surface area contributed by atoms with Crippen molar-refractivity contribution in [2.24, 2.45) is 0 Å². The molecule has 0 heterocycles. The van der Waals surface area contributed by atoms with Crippen LogP contribution in [0.3, 0.4) is 0 Å². The van der Waals surface area contributed by atoms with E-state index >= 15 is 0 Å². The summed E-state index contributed by atoms with van der Waals surface area (Å²) in [4.78, 5) is 21.3. The molecule has 16 heavy (non-hydrogen) atoms. The summed E-state index contributed by atoms with van der Waals surface area (Å²) in [6.45, 7) is 5.21. The van der Waals surface area contributed by atoms with Gasteiger partial charge in [-0.3, -0.25) is 9.59 Å². The molecular formula is C11H20O5. The Morgan fingerprint density at radius 1 is 0.875 bits per heavy atom. The lowest BCUT2D eigenvalue weighted by Crippen LogP contribution is -2.14. The van der Waals surface area contributed by atoms with Crippen molar-refractivity contribution < 1.29 is 23.8 Å². The molecule has 0 aromatic rings. The van der Waals surface area contributed by atoms with Gasteiger partial charge in [-0.15, -0.1) is 0 Å². The number of rotatable bonds is 11. The second-order valence-corrected chi connectivity index (χ2v) is 3.31. The van der Waals surface area contributed by atoms with Gasteiger partial charge < -0.3 is 14.2 Å². The topological polar surface area (TPSA) is 61.8 Å². The molecule has 94 valence electrons. The quantitative estimate of drug-likeness (QED) is 0.488. The highest BCUT2D eigenvalue weighted by Gasteiger charge is 1.97.